The summed E-state index contributed by atoms with van der Waals surface area (Å²) in [5.41, 5.74) is 0. The van der Waals surface area contributed by atoms with Crippen molar-refractivity contribution in [2.45, 2.75) is 86.9 Å². The molecule has 3 fully saturated rings. The van der Waals surface area contributed by atoms with Gasteiger partial charge in [-0.1, -0.05) is 68.8 Å². The first kappa shape index (κ1) is 15.4. The molecule has 3 rings (SSSR count). The first-order valence-electron chi connectivity index (χ1n) is 9.32. The normalized spacial score (nSPS) is 40.4. The standard InChI is InChI=1S/C17H34B2S/c1-20(12-7-13-20)16-10-6-11-17(18,14-16)19-15-8-4-2-3-5-9-15/h15-16,19H,2-14,18H2,1H3. The molecule has 0 spiro atoms. The van der Waals surface area contributed by atoms with E-state index in [1.54, 1.807) is 50.9 Å². The first-order chi connectivity index (χ1) is 9.60. The minimum atomic E-state index is -0.160. The highest BCUT2D eigenvalue weighted by molar-refractivity contribution is 8.34. The highest BCUT2D eigenvalue weighted by Crippen LogP contribution is 2.63. The molecule has 0 N–H and O–H groups in total. The zero-order valence-corrected chi connectivity index (χ0v) is 14.8. The zero-order chi connectivity index (χ0) is 14.1. The van der Waals surface area contributed by atoms with Crippen LogP contribution in [0.15, 0.2) is 0 Å². The van der Waals surface area contributed by atoms with Crippen molar-refractivity contribution < 1.29 is 0 Å². The van der Waals surface area contributed by atoms with Gasteiger partial charge in [0.1, 0.15) is 7.28 Å². The third-order valence-corrected chi connectivity index (χ3v) is 11.3. The van der Waals surface area contributed by atoms with Crippen LogP contribution < -0.4 is 0 Å². The molecule has 0 aromatic carbocycles. The van der Waals surface area contributed by atoms with Crippen LogP contribution >= 0.6 is 10.0 Å². The van der Waals surface area contributed by atoms with E-state index < -0.39 is 0 Å². The molecule has 1 aliphatic heterocycles. The second-order valence-corrected chi connectivity index (χ2v) is 12.9. The van der Waals surface area contributed by atoms with Crippen molar-refractivity contribution in [3.8, 4) is 0 Å². The van der Waals surface area contributed by atoms with Crippen LogP contribution in [0.3, 0.4) is 0 Å². The zero-order valence-electron chi connectivity index (χ0n) is 14.0. The average molecular weight is 292 g/mol. The molecule has 1 saturated heterocycles. The predicted octanol–water partition coefficient (Wildman–Crippen LogP) is 4.10. The van der Waals surface area contributed by atoms with Crippen LogP contribution in [0.5, 0.6) is 0 Å². The fourth-order valence-electron chi connectivity index (χ4n) is 5.38. The number of hydrogen-bond donors (Lipinski definition) is 0. The van der Waals surface area contributed by atoms with Gasteiger partial charge in [-0.25, -0.2) is 10.0 Å². The van der Waals surface area contributed by atoms with E-state index in [1.165, 1.54) is 38.5 Å². The SMILES string of the molecule is BC1(BC2CCCCCC2)CCCC(S2(C)CCC2)C1. The van der Waals surface area contributed by atoms with Gasteiger partial charge in [-0.05, 0) is 35.9 Å². The highest BCUT2D eigenvalue weighted by Gasteiger charge is 2.42. The molecule has 0 radical (unpaired) electrons. The lowest BCUT2D eigenvalue weighted by molar-refractivity contribution is 0.464. The van der Waals surface area contributed by atoms with Crippen LogP contribution in [0, 0.1) is 0 Å². The molecular formula is C17H34B2S. The lowest BCUT2D eigenvalue weighted by Crippen LogP contribution is -2.39. The van der Waals surface area contributed by atoms with Crippen molar-refractivity contribution in [1.29, 1.82) is 0 Å². The molecule has 3 aliphatic rings. The quantitative estimate of drug-likeness (QED) is 0.543. The smallest absolute Gasteiger partial charge is 0.122 e. The molecule has 0 bridgehead atoms. The van der Waals surface area contributed by atoms with E-state index in [0.717, 1.165) is 11.1 Å². The molecule has 1 heterocycles. The van der Waals surface area contributed by atoms with E-state index >= 15 is 0 Å². The second-order valence-electron chi connectivity index (χ2n) is 8.70. The van der Waals surface area contributed by atoms with Gasteiger partial charge in [0, 0.05) is 0 Å². The van der Waals surface area contributed by atoms with Crippen LogP contribution in [-0.2, 0) is 0 Å². The van der Waals surface area contributed by atoms with Gasteiger partial charge in [-0.15, -0.1) is 0 Å². The molecule has 0 nitrogen and oxygen atoms in total. The minimum absolute atomic E-state index is 0.160. The topological polar surface area (TPSA) is 0 Å². The van der Waals surface area contributed by atoms with Crippen LogP contribution in [0.2, 0.25) is 11.0 Å². The Morgan fingerprint density at radius 1 is 0.950 bits per heavy atom. The molecule has 2 aliphatic carbocycles. The second kappa shape index (κ2) is 6.31. The van der Waals surface area contributed by atoms with Crippen molar-refractivity contribution in [3.05, 3.63) is 0 Å². The van der Waals surface area contributed by atoms with E-state index in [2.05, 4.69) is 14.1 Å². The maximum absolute atomic E-state index is 2.68. The summed E-state index contributed by atoms with van der Waals surface area (Å²) in [5.74, 6) is 4.29. The monoisotopic (exact) mass is 292 g/mol. The molecule has 2 atom stereocenters. The van der Waals surface area contributed by atoms with Crippen LogP contribution in [0.1, 0.15) is 70.6 Å². The largest absolute Gasteiger partial charge is 0.241 e. The minimum Gasteiger partial charge on any atom is -0.241 e. The number of hydrogen-bond acceptors (Lipinski definition) is 0. The van der Waals surface area contributed by atoms with E-state index in [1.807, 2.05) is 0 Å². The summed E-state index contributed by atoms with van der Waals surface area (Å²) >= 11 is 0. The van der Waals surface area contributed by atoms with E-state index in [9.17, 15) is 0 Å². The molecular weight excluding hydrogens is 258 g/mol. The summed E-state index contributed by atoms with van der Waals surface area (Å²) in [7, 11) is 4.07. The predicted molar refractivity (Wildman–Crippen MR) is 100.0 cm³/mol. The van der Waals surface area contributed by atoms with Gasteiger partial charge >= 0.3 is 0 Å². The Hall–Kier alpha value is 0.480. The Morgan fingerprint density at radius 2 is 1.65 bits per heavy atom. The van der Waals surface area contributed by atoms with Gasteiger partial charge in [0.05, 0.1) is 7.85 Å². The average Bonchev–Trinajstić information content (AvgIpc) is 2.64. The van der Waals surface area contributed by atoms with Crippen molar-refractivity contribution in [2.75, 3.05) is 17.8 Å². The summed E-state index contributed by atoms with van der Waals surface area (Å²) in [6, 6.07) is 0. The summed E-state index contributed by atoms with van der Waals surface area (Å²) in [5, 5.41) is 1.85. The highest BCUT2D eigenvalue weighted by atomic mass is 32.3. The summed E-state index contributed by atoms with van der Waals surface area (Å²) < 4.78 is 0. The summed E-state index contributed by atoms with van der Waals surface area (Å²) in [6.07, 6.45) is 19.6. The molecule has 114 valence electrons. The fourth-order valence-corrected chi connectivity index (χ4v) is 8.79. The van der Waals surface area contributed by atoms with Gasteiger partial charge < -0.3 is 0 Å². The van der Waals surface area contributed by atoms with Crippen molar-refractivity contribution in [1.82, 2.24) is 0 Å². The Kier molecular flexibility index (Phi) is 4.85. The van der Waals surface area contributed by atoms with Crippen molar-refractivity contribution in [2.24, 2.45) is 0 Å². The van der Waals surface area contributed by atoms with Crippen LogP contribution in [-0.4, -0.2) is 38.1 Å². The number of rotatable bonds is 3. The van der Waals surface area contributed by atoms with Gasteiger partial charge in [0.25, 0.3) is 0 Å². The van der Waals surface area contributed by atoms with Crippen LogP contribution in [0.4, 0.5) is 0 Å². The first-order valence-corrected chi connectivity index (χ1v) is 11.8. The lowest BCUT2D eigenvalue weighted by Gasteiger charge is -2.55. The summed E-state index contributed by atoms with van der Waals surface area (Å²) in [4.78, 5) is 0. The Labute approximate surface area is 130 Å². The Bertz CT molecular complexity index is 321. The van der Waals surface area contributed by atoms with Crippen molar-refractivity contribution >= 4 is 25.2 Å². The molecule has 2 unspecified atom stereocenters. The van der Waals surface area contributed by atoms with Crippen molar-refractivity contribution in [3.63, 3.8) is 0 Å². The third-order valence-electron chi connectivity index (χ3n) is 6.81. The molecule has 3 heteroatoms. The van der Waals surface area contributed by atoms with Gasteiger partial charge in [-0.3, -0.25) is 0 Å². The molecule has 20 heavy (non-hydrogen) atoms. The fraction of sp³-hybridized carbons (Fsp3) is 1.00. The van der Waals surface area contributed by atoms with Gasteiger partial charge in [-0.2, -0.15) is 0 Å². The van der Waals surface area contributed by atoms with Gasteiger partial charge in [0.2, 0.25) is 0 Å². The van der Waals surface area contributed by atoms with Gasteiger partial charge in [0.15, 0.2) is 0 Å². The van der Waals surface area contributed by atoms with E-state index in [-0.39, 0.29) is 10.0 Å². The maximum Gasteiger partial charge on any atom is 0.122 e. The van der Waals surface area contributed by atoms with Crippen LogP contribution in [0.25, 0.3) is 0 Å². The third kappa shape index (κ3) is 3.45. The molecule has 0 amide bonds. The lowest BCUT2D eigenvalue weighted by atomic mass is 9.33. The Morgan fingerprint density at radius 3 is 2.25 bits per heavy atom. The molecule has 0 aromatic rings. The van der Waals surface area contributed by atoms with E-state index in [4.69, 9.17) is 0 Å². The maximum atomic E-state index is 2.68. The molecule has 0 aromatic heterocycles. The Balaban J connectivity index is 1.58. The van der Waals surface area contributed by atoms with E-state index in [0.29, 0.717) is 5.21 Å². The summed E-state index contributed by atoms with van der Waals surface area (Å²) in [6.45, 7) is 0. The molecule has 2 saturated carbocycles.